The van der Waals surface area contributed by atoms with Crippen LogP contribution in [0.2, 0.25) is 0 Å². The highest BCUT2D eigenvalue weighted by Crippen LogP contribution is 2.21. The quantitative estimate of drug-likeness (QED) is 0.489. The Morgan fingerprint density at radius 3 is 1.50 bits per heavy atom. The lowest BCUT2D eigenvalue weighted by Gasteiger charge is -2.11. The molecule has 2 aromatic carbocycles. The molecule has 0 aliphatic rings. The first-order chi connectivity index (χ1) is 12.8. The molecular weight excluding hydrogens is 320 g/mol. The van der Waals surface area contributed by atoms with Gasteiger partial charge in [0.25, 0.3) is 0 Å². The summed E-state index contributed by atoms with van der Waals surface area (Å²) >= 11 is 0. The highest BCUT2D eigenvalue weighted by molar-refractivity contribution is 6.10. The molecule has 0 saturated heterocycles. The summed E-state index contributed by atoms with van der Waals surface area (Å²) in [5, 5.41) is 0. The Morgan fingerprint density at radius 1 is 0.615 bits per heavy atom. The van der Waals surface area contributed by atoms with Gasteiger partial charge in [0.05, 0.1) is 0 Å². The topological polar surface area (TPSA) is 48.6 Å². The van der Waals surface area contributed by atoms with E-state index >= 15 is 0 Å². The number of aromatic nitrogens is 2. The number of H-pyrrole nitrogens is 2. The van der Waals surface area contributed by atoms with Crippen LogP contribution in [0.1, 0.15) is 38.4 Å². The maximum absolute atomic E-state index is 13.3. The van der Waals surface area contributed by atoms with Crippen LogP contribution in [0.5, 0.6) is 0 Å². The fourth-order valence-electron chi connectivity index (χ4n) is 3.30. The van der Waals surface area contributed by atoms with E-state index in [0.717, 1.165) is 33.6 Å². The number of nitrogens with one attached hydrogen (secondary N) is 2. The molecule has 0 aliphatic heterocycles. The molecule has 2 N–H and O–H groups in total. The van der Waals surface area contributed by atoms with Crippen LogP contribution in [-0.2, 0) is 12.8 Å². The summed E-state index contributed by atoms with van der Waals surface area (Å²) in [5.41, 5.74) is 5.81. The van der Waals surface area contributed by atoms with Crippen molar-refractivity contribution in [3.63, 3.8) is 0 Å². The van der Waals surface area contributed by atoms with Gasteiger partial charge in [-0.05, 0) is 35.4 Å². The van der Waals surface area contributed by atoms with Crippen LogP contribution in [0.15, 0.2) is 85.2 Å². The molecule has 4 aromatic rings. The first kappa shape index (κ1) is 16.2. The van der Waals surface area contributed by atoms with Gasteiger partial charge in [-0.25, -0.2) is 0 Å². The molecule has 0 radical (unpaired) electrons. The van der Waals surface area contributed by atoms with Crippen molar-refractivity contribution in [3.05, 3.63) is 119 Å². The SMILES string of the molecule is O=C(c1ccccc1Cc1ccc[nH]1)c1ccccc1Cc1ccc[nH]1. The highest BCUT2D eigenvalue weighted by atomic mass is 16.1. The minimum absolute atomic E-state index is 0.0781. The monoisotopic (exact) mass is 340 g/mol. The van der Waals surface area contributed by atoms with E-state index in [0.29, 0.717) is 12.8 Å². The fraction of sp³-hybridized carbons (Fsp3) is 0.0870. The minimum atomic E-state index is 0.0781. The number of rotatable bonds is 6. The molecule has 2 aromatic heterocycles. The van der Waals surface area contributed by atoms with Gasteiger partial charge < -0.3 is 9.97 Å². The number of hydrogen-bond donors (Lipinski definition) is 2. The van der Waals surface area contributed by atoms with Crippen molar-refractivity contribution in [1.29, 1.82) is 0 Å². The van der Waals surface area contributed by atoms with Gasteiger partial charge >= 0.3 is 0 Å². The Bertz CT molecular complexity index is 917. The van der Waals surface area contributed by atoms with Crippen LogP contribution < -0.4 is 0 Å². The summed E-state index contributed by atoms with van der Waals surface area (Å²) in [4.78, 5) is 19.8. The van der Waals surface area contributed by atoms with Gasteiger partial charge in [-0.15, -0.1) is 0 Å². The molecule has 3 nitrogen and oxygen atoms in total. The van der Waals surface area contributed by atoms with E-state index in [2.05, 4.69) is 9.97 Å². The van der Waals surface area contributed by atoms with Crippen molar-refractivity contribution >= 4 is 5.78 Å². The molecule has 0 spiro atoms. The van der Waals surface area contributed by atoms with E-state index in [-0.39, 0.29) is 5.78 Å². The first-order valence-electron chi connectivity index (χ1n) is 8.76. The van der Waals surface area contributed by atoms with E-state index in [4.69, 9.17) is 0 Å². The van der Waals surface area contributed by atoms with Crippen LogP contribution in [0, 0.1) is 0 Å². The largest absolute Gasteiger partial charge is 0.365 e. The number of carbonyl (C=O) groups is 1. The molecule has 0 fully saturated rings. The molecular formula is C23H20N2O. The molecule has 0 saturated carbocycles. The van der Waals surface area contributed by atoms with E-state index < -0.39 is 0 Å². The standard InChI is InChI=1S/C23H20N2O/c26-23(21-11-3-1-7-17(21)15-19-9-5-13-24-19)22-12-4-2-8-18(22)16-20-10-6-14-25-20/h1-14,24-25H,15-16H2. The van der Waals surface area contributed by atoms with Gasteiger partial charge in [-0.1, -0.05) is 48.5 Å². The van der Waals surface area contributed by atoms with Crippen molar-refractivity contribution in [2.24, 2.45) is 0 Å². The lowest BCUT2D eigenvalue weighted by molar-refractivity contribution is 0.103. The predicted octanol–water partition coefficient (Wildman–Crippen LogP) is 4.76. The van der Waals surface area contributed by atoms with Gasteiger partial charge in [-0.3, -0.25) is 4.79 Å². The zero-order valence-electron chi connectivity index (χ0n) is 14.4. The highest BCUT2D eigenvalue weighted by Gasteiger charge is 2.17. The normalized spacial score (nSPS) is 10.8. The van der Waals surface area contributed by atoms with E-state index in [1.54, 1.807) is 0 Å². The Morgan fingerprint density at radius 2 is 1.08 bits per heavy atom. The number of carbonyl (C=O) groups excluding carboxylic acids is 1. The molecule has 0 bridgehead atoms. The molecule has 4 rings (SSSR count). The van der Waals surface area contributed by atoms with E-state index in [1.165, 1.54) is 0 Å². The zero-order chi connectivity index (χ0) is 17.8. The lowest BCUT2D eigenvalue weighted by atomic mass is 9.92. The van der Waals surface area contributed by atoms with Crippen LogP contribution in [0.25, 0.3) is 0 Å². The average molecular weight is 340 g/mol. The predicted molar refractivity (Wildman–Crippen MR) is 104 cm³/mol. The van der Waals surface area contributed by atoms with Gasteiger partial charge in [-0.2, -0.15) is 0 Å². The summed E-state index contributed by atoms with van der Waals surface area (Å²) < 4.78 is 0. The second kappa shape index (κ2) is 7.28. The zero-order valence-corrected chi connectivity index (χ0v) is 14.4. The Balaban J connectivity index is 1.68. The molecule has 26 heavy (non-hydrogen) atoms. The molecule has 0 aliphatic carbocycles. The third-order valence-electron chi connectivity index (χ3n) is 4.61. The van der Waals surface area contributed by atoms with Crippen LogP contribution >= 0.6 is 0 Å². The van der Waals surface area contributed by atoms with Crippen LogP contribution in [0.3, 0.4) is 0 Å². The summed E-state index contributed by atoms with van der Waals surface area (Å²) in [6, 6.07) is 23.8. The number of benzene rings is 2. The first-order valence-corrected chi connectivity index (χ1v) is 8.76. The van der Waals surface area contributed by atoms with E-state index in [9.17, 15) is 4.79 Å². The van der Waals surface area contributed by atoms with Gasteiger partial charge in [0, 0.05) is 47.8 Å². The Kier molecular flexibility index (Phi) is 4.52. The van der Waals surface area contributed by atoms with Crippen molar-refractivity contribution < 1.29 is 4.79 Å². The Hall–Kier alpha value is -3.33. The summed E-state index contributed by atoms with van der Waals surface area (Å²) in [7, 11) is 0. The second-order valence-corrected chi connectivity index (χ2v) is 6.39. The number of ketones is 1. The third kappa shape index (κ3) is 3.38. The van der Waals surface area contributed by atoms with Gasteiger partial charge in [0.2, 0.25) is 0 Å². The second-order valence-electron chi connectivity index (χ2n) is 6.39. The van der Waals surface area contributed by atoms with Crippen molar-refractivity contribution in [2.45, 2.75) is 12.8 Å². The third-order valence-corrected chi connectivity index (χ3v) is 4.61. The van der Waals surface area contributed by atoms with E-state index in [1.807, 2.05) is 85.2 Å². The molecule has 128 valence electrons. The Labute approximate surface area is 152 Å². The summed E-state index contributed by atoms with van der Waals surface area (Å²) in [6.07, 6.45) is 5.25. The lowest BCUT2D eigenvalue weighted by Crippen LogP contribution is -2.09. The molecule has 0 amide bonds. The van der Waals surface area contributed by atoms with Crippen molar-refractivity contribution in [1.82, 2.24) is 9.97 Å². The number of aromatic amines is 2. The number of hydrogen-bond acceptors (Lipinski definition) is 1. The minimum Gasteiger partial charge on any atom is -0.365 e. The van der Waals surface area contributed by atoms with Gasteiger partial charge in [0.1, 0.15) is 0 Å². The molecule has 0 atom stereocenters. The smallest absolute Gasteiger partial charge is 0.193 e. The van der Waals surface area contributed by atoms with Crippen molar-refractivity contribution in [3.8, 4) is 0 Å². The maximum Gasteiger partial charge on any atom is 0.193 e. The van der Waals surface area contributed by atoms with Gasteiger partial charge in [0.15, 0.2) is 5.78 Å². The van der Waals surface area contributed by atoms with Crippen molar-refractivity contribution in [2.75, 3.05) is 0 Å². The molecule has 2 heterocycles. The molecule has 3 heteroatoms. The fourth-order valence-corrected chi connectivity index (χ4v) is 3.30. The molecule has 0 unspecified atom stereocenters. The maximum atomic E-state index is 13.3. The summed E-state index contributed by atoms with van der Waals surface area (Å²) in [6.45, 7) is 0. The van der Waals surface area contributed by atoms with Crippen LogP contribution in [0.4, 0.5) is 0 Å². The average Bonchev–Trinajstić information content (AvgIpc) is 3.36. The summed E-state index contributed by atoms with van der Waals surface area (Å²) in [5.74, 6) is 0.0781. The van der Waals surface area contributed by atoms with Crippen LogP contribution in [-0.4, -0.2) is 15.8 Å².